The Hall–Kier alpha value is -3.09. The average Bonchev–Trinajstić information content (AvgIpc) is 2.65. The Kier molecular flexibility index (Phi) is 6.76. The summed E-state index contributed by atoms with van der Waals surface area (Å²) in [6.07, 6.45) is 0.278. The van der Waals surface area contributed by atoms with Crippen LogP contribution in [0, 0.1) is 6.92 Å². The first-order valence-corrected chi connectivity index (χ1v) is 8.85. The second-order valence-electron chi connectivity index (χ2n) is 6.52. The van der Waals surface area contributed by atoms with Gasteiger partial charge in [-0.1, -0.05) is 19.1 Å². The molecule has 0 radical (unpaired) electrons. The van der Waals surface area contributed by atoms with E-state index in [0.29, 0.717) is 12.2 Å². The summed E-state index contributed by atoms with van der Waals surface area (Å²) >= 11 is 0. The molecule has 0 saturated carbocycles. The van der Waals surface area contributed by atoms with Gasteiger partial charge in [0.15, 0.2) is 0 Å². The van der Waals surface area contributed by atoms with Crippen LogP contribution >= 0.6 is 0 Å². The molecule has 0 spiro atoms. The third-order valence-corrected chi connectivity index (χ3v) is 4.23. The maximum Gasteiger partial charge on any atom is 0.274 e. The fraction of sp³-hybridized carbons (Fsp3) is 0.350. The molecule has 144 valence electrons. The highest BCUT2D eigenvalue weighted by molar-refractivity contribution is 5.90. The third kappa shape index (κ3) is 5.44. The summed E-state index contributed by atoms with van der Waals surface area (Å²) in [6, 6.07) is 11.1. The SMILES string of the molecule is CCC(=O)Nc1ccc(C)n(CC(=O)NCc2ccc(N(C)C)cc2)c1=O. The van der Waals surface area contributed by atoms with Gasteiger partial charge in [-0.2, -0.15) is 0 Å². The van der Waals surface area contributed by atoms with Crippen molar-refractivity contribution in [3.8, 4) is 0 Å². The fourth-order valence-electron chi connectivity index (χ4n) is 2.51. The topological polar surface area (TPSA) is 83.4 Å². The van der Waals surface area contributed by atoms with E-state index >= 15 is 0 Å². The normalized spacial score (nSPS) is 10.4. The summed E-state index contributed by atoms with van der Waals surface area (Å²) in [7, 11) is 3.93. The lowest BCUT2D eigenvalue weighted by Gasteiger charge is -2.14. The van der Waals surface area contributed by atoms with Crippen molar-refractivity contribution < 1.29 is 9.59 Å². The van der Waals surface area contributed by atoms with Crippen LogP contribution in [-0.2, 0) is 22.7 Å². The number of hydrogen-bond acceptors (Lipinski definition) is 4. The van der Waals surface area contributed by atoms with Crippen molar-refractivity contribution in [3.05, 3.63) is 58.0 Å². The third-order valence-electron chi connectivity index (χ3n) is 4.23. The minimum atomic E-state index is -0.387. The molecule has 2 rings (SSSR count). The molecule has 2 aromatic rings. The lowest BCUT2D eigenvalue weighted by molar-refractivity contribution is -0.122. The van der Waals surface area contributed by atoms with Crippen LogP contribution in [0.3, 0.4) is 0 Å². The summed E-state index contributed by atoms with van der Waals surface area (Å²) in [6.45, 7) is 3.74. The number of benzene rings is 1. The zero-order valence-electron chi connectivity index (χ0n) is 16.2. The minimum absolute atomic E-state index is 0.101. The molecule has 27 heavy (non-hydrogen) atoms. The number of anilines is 2. The van der Waals surface area contributed by atoms with Gasteiger partial charge in [-0.3, -0.25) is 14.4 Å². The second kappa shape index (κ2) is 9.02. The highest BCUT2D eigenvalue weighted by atomic mass is 16.2. The molecule has 1 heterocycles. The lowest BCUT2D eigenvalue weighted by Crippen LogP contribution is -2.34. The first-order chi connectivity index (χ1) is 12.8. The van der Waals surface area contributed by atoms with Crippen LogP contribution in [0.15, 0.2) is 41.2 Å². The predicted molar refractivity (Wildman–Crippen MR) is 107 cm³/mol. The van der Waals surface area contributed by atoms with Gasteiger partial charge in [-0.25, -0.2) is 0 Å². The Morgan fingerprint density at radius 1 is 1.04 bits per heavy atom. The number of carbonyl (C=O) groups is 2. The molecular weight excluding hydrogens is 344 g/mol. The summed E-state index contributed by atoms with van der Waals surface area (Å²) in [5.41, 5.74) is 2.50. The van der Waals surface area contributed by atoms with Gasteiger partial charge < -0.3 is 20.1 Å². The van der Waals surface area contributed by atoms with Crippen molar-refractivity contribution in [1.82, 2.24) is 9.88 Å². The monoisotopic (exact) mass is 370 g/mol. The number of rotatable bonds is 7. The van der Waals surface area contributed by atoms with Gasteiger partial charge in [0, 0.05) is 38.4 Å². The molecule has 0 aliphatic rings. The molecule has 0 saturated heterocycles. The van der Waals surface area contributed by atoms with Crippen molar-refractivity contribution >= 4 is 23.2 Å². The predicted octanol–water partition coefficient (Wildman–Crippen LogP) is 1.89. The zero-order chi connectivity index (χ0) is 20.0. The van der Waals surface area contributed by atoms with Gasteiger partial charge in [-0.15, -0.1) is 0 Å². The van der Waals surface area contributed by atoms with Crippen LogP contribution in [0.4, 0.5) is 11.4 Å². The number of pyridine rings is 1. The molecule has 1 aromatic heterocycles. The molecule has 0 unspecified atom stereocenters. The van der Waals surface area contributed by atoms with Crippen LogP contribution in [0.2, 0.25) is 0 Å². The molecule has 0 atom stereocenters. The molecule has 7 nitrogen and oxygen atoms in total. The Morgan fingerprint density at radius 3 is 2.30 bits per heavy atom. The Balaban J connectivity index is 2.03. The van der Waals surface area contributed by atoms with Crippen LogP contribution in [-0.4, -0.2) is 30.5 Å². The van der Waals surface area contributed by atoms with E-state index in [9.17, 15) is 14.4 Å². The maximum absolute atomic E-state index is 12.5. The van der Waals surface area contributed by atoms with Gasteiger partial charge in [0.1, 0.15) is 12.2 Å². The highest BCUT2D eigenvalue weighted by Gasteiger charge is 2.11. The molecule has 2 amide bonds. The van der Waals surface area contributed by atoms with Gasteiger partial charge in [0.25, 0.3) is 5.56 Å². The quantitative estimate of drug-likeness (QED) is 0.780. The van der Waals surface area contributed by atoms with E-state index in [1.165, 1.54) is 4.57 Å². The second-order valence-corrected chi connectivity index (χ2v) is 6.52. The summed E-state index contributed by atoms with van der Waals surface area (Å²) in [5, 5.41) is 5.39. The first kappa shape index (κ1) is 20.2. The van der Waals surface area contributed by atoms with Gasteiger partial charge in [0.2, 0.25) is 11.8 Å². The standard InChI is InChI=1S/C20H26N4O3/c1-5-18(25)22-17-11-6-14(2)24(20(17)27)13-19(26)21-12-15-7-9-16(10-8-15)23(3)4/h6-11H,5,12-13H2,1-4H3,(H,21,26)(H,22,25). The number of amides is 2. The number of carbonyl (C=O) groups excluding carboxylic acids is 2. The minimum Gasteiger partial charge on any atom is -0.378 e. The summed E-state index contributed by atoms with van der Waals surface area (Å²) in [5.74, 6) is -0.510. The number of aromatic nitrogens is 1. The van der Waals surface area contributed by atoms with E-state index < -0.39 is 0 Å². The smallest absolute Gasteiger partial charge is 0.274 e. The molecule has 0 aliphatic heterocycles. The first-order valence-electron chi connectivity index (χ1n) is 8.85. The van der Waals surface area contributed by atoms with Crippen molar-refractivity contribution in [2.75, 3.05) is 24.3 Å². The molecule has 7 heteroatoms. The summed E-state index contributed by atoms with van der Waals surface area (Å²) < 4.78 is 1.36. The highest BCUT2D eigenvalue weighted by Crippen LogP contribution is 2.12. The molecule has 0 aliphatic carbocycles. The van der Waals surface area contributed by atoms with Crippen molar-refractivity contribution in [1.29, 1.82) is 0 Å². The van der Waals surface area contributed by atoms with Crippen LogP contribution in [0.1, 0.15) is 24.6 Å². The Morgan fingerprint density at radius 2 is 1.70 bits per heavy atom. The zero-order valence-corrected chi connectivity index (χ0v) is 16.2. The number of hydrogen-bond donors (Lipinski definition) is 2. The number of aryl methyl sites for hydroxylation is 1. The average molecular weight is 370 g/mol. The summed E-state index contributed by atoms with van der Waals surface area (Å²) in [4.78, 5) is 38.3. The van der Waals surface area contributed by atoms with Crippen LogP contribution in [0.25, 0.3) is 0 Å². The molecule has 0 fully saturated rings. The van der Waals surface area contributed by atoms with Gasteiger partial charge >= 0.3 is 0 Å². The van der Waals surface area contributed by atoms with E-state index in [2.05, 4.69) is 10.6 Å². The van der Waals surface area contributed by atoms with Gasteiger partial charge in [0.05, 0.1) is 0 Å². The largest absolute Gasteiger partial charge is 0.378 e. The van der Waals surface area contributed by atoms with E-state index in [1.807, 2.05) is 43.3 Å². The van der Waals surface area contributed by atoms with E-state index in [0.717, 1.165) is 11.3 Å². The van der Waals surface area contributed by atoms with Gasteiger partial charge in [-0.05, 0) is 36.8 Å². The van der Waals surface area contributed by atoms with Crippen molar-refractivity contribution in [3.63, 3.8) is 0 Å². The number of nitrogens with zero attached hydrogens (tertiary/aromatic N) is 2. The van der Waals surface area contributed by atoms with Crippen LogP contribution < -0.4 is 21.1 Å². The Bertz CT molecular complexity index is 870. The molecule has 1 aromatic carbocycles. The van der Waals surface area contributed by atoms with Crippen molar-refractivity contribution in [2.24, 2.45) is 0 Å². The fourth-order valence-corrected chi connectivity index (χ4v) is 2.51. The Labute approximate surface area is 159 Å². The molecular formula is C20H26N4O3. The lowest BCUT2D eigenvalue weighted by atomic mass is 10.2. The van der Waals surface area contributed by atoms with E-state index in [4.69, 9.17) is 0 Å². The van der Waals surface area contributed by atoms with E-state index in [-0.39, 0.29) is 36.0 Å². The maximum atomic E-state index is 12.5. The number of nitrogens with one attached hydrogen (secondary N) is 2. The van der Waals surface area contributed by atoms with Crippen LogP contribution in [0.5, 0.6) is 0 Å². The van der Waals surface area contributed by atoms with E-state index in [1.54, 1.807) is 26.0 Å². The molecule has 2 N–H and O–H groups in total. The van der Waals surface area contributed by atoms with Crippen molar-refractivity contribution in [2.45, 2.75) is 33.4 Å². The molecule has 0 bridgehead atoms.